The molecule has 0 saturated carbocycles. The summed E-state index contributed by atoms with van der Waals surface area (Å²) in [6.45, 7) is 7.49. The molecule has 3 aliphatic rings. The number of rotatable bonds is 8. The van der Waals surface area contributed by atoms with E-state index in [0.29, 0.717) is 12.6 Å². The number of likely N-dealkylation sites (tertiary alicyclic amines) is 1. The van der Waals surface area contributed by atoms with E-state index in [1.807, 2.05) is 18.1 Å². The van der Waals surface area contributed by atoms with Crippen LogP contribution < -0.4 is 10.2 Å². The van der Waals surface area contributed by atoms with E-state index >= 15 is 0 Å². The second-order valence-electron chi connectivity index (χ2n) is 11.6. The van der Waals surface area contributed by atoms with Crippen molar-refractivity contribution in [1.29, 1.82) is 0 Å². The topological polar surface area (TPSA) is 76.2 Å². The van der Waals surface area contributed by atoms with Crippen molar-refractivity contribution in [2.45, 2.75) is 57.7 Å². The Morgan fingerprint density at radius 2 is 1.80 bits per heavy atom. The lowest BCUT2D eigenvalue weighted by Crippen LogP contribution is -2.44. The molecule has 214 valence electrons. The predicted molar refractivity (Wildman–Crippen MR) is 169 cm³/mol. The maximum atomic E-state index is 4.65. The average molecular weight is 569 g/mol. The molecule has 2 N–H and O–H groups in total. The van der Waals surface area contributed by atoms with Gasteiger partial charge in [0, 0.05) is 62.1 Å². The predicted octanol–water partition coefficient (Wildman–Crippen LogP) is 5.94. The molecule has 0 bridgehead atoms. The molecule has 9 heteroatoms. The zero-order valence-corrected chi connectivity index (χ0v) is 24.6. The van der Waals surface area contributed by atoms with Gasteiger partial charge in [-0.15, -0.1) is 0 Å². The van der Waals surface area contributed by atoms with E-state index in [9.17, 15) is 0 Å². The first-order valence-electron chi connectivity index (χ1n) is 15.3. The highest BCUT2D eigenvalue weighted by atomic mass is 32.2. The molecule has 0 aliphatic carbocycles. The number of anilines is 2. The normalized spacial score (nSPS) is 20.6. The Labute approximate surface area is 247 Å². The SMILES string of the molecule is c1cc(CN2CCCC(N3CCCS3)C2)cc(CNc2ccc(-c3cc4c(N5CCCCC5)ncnc4[nH]3)cc2)n1. The standard InChI is InChI=1S/C32H40N8S/c1-2-14-39(15-3-1)32-29-19-30(37-31(29)35-23-36-32)25-7-9-26(10-8-25)34-20-27-18-24(11-12-33-27)21-38-13-4-6-28(22-38)40-16-5-17-41-40/h7-12,18-19,23,28,34H,1-6,13-17,20-22H2,(H,35,36,37). The van der Waals surface area contributed by atoms with Gasteiger partial charge in [-0.1, -0.05) is 24.1 Å². The number of nitrogens with zero attached hydrogens (tertiary/aromatic N) is 6. The summed E-state index contributed by atoms with van der Waals surface area (Å²) in [7, 11) is 0. The van der Waals surface area contributed by atoms with Crippen molar-refractivity contribution in [3.05, 3.63) is 66.2 Å². The van der Waals surface area contributed by atoms with E-state index in [-0.39, 0.29) is 0 Å². The van der Waals surface area contributed by atoms with Crippen molar-refractivity contribution in [3.8, 4) is 11.3 Å². The number of benzene rings is 1. The molecule has 0 radical (unpaired) electrons. The van der Waals surface area contributed by atoms with Crippen LogP contribution in [0.25, 0.3) is 22.3 Å². The molecule has 6 heterocycles. The molecule has 7 rings (SSSR count). The first-order chi connectivity index (χ1) is 20.3. The van der Waals surface area contributed by atoms with Gasteiger partial charge >= 0.3 is 0 Å². The molecule has 4 aromatic rings. The third-order valence-electron chi connectivity index (χ3n) is 8.68. The van der Waals surface area contributed by atoms with Crippen LogP contribution in [0.15, 0.2) is 55.0 Å². The summed E-state index contributed by atoms with van der Waals surface area (Å²) in [6.07, 6.45) is 11.4. The number of aromatic nitrogens is 4. The molecule has 0 amide bonds. The summed E-state index contributed by atoms with van der Waals surface area (Å²) < 4.78 is 2.64. The van der Waals surface area contributed by atoms with Gasteiger partial charge in [-0.05, 0) is 86.5 Å². The van der Waals surface area contributed by atoms with E-state index in [1.54, 1.807) is 6.33 Å². The van der Waals surface area contributed by atoms with Crippen molar-refractivity contribution in [2.75, 3.05) is 48.7 Å². The van der Waals surface area contributed by atoms with E-state index in [2.05, 4.69) is 81.8 Å². The van der Waals surface area contributed by atoms with Crippen molar-refractivity contribution in [2.24, 2.45) is 0 Å². The number of hydrogen-bond donors (Lipinski definition) is 2. The zero-order valence-electron chi connectivity index (χ0n) is 23.8. The Morgan fingerprint density at radius 1 is 0.902 bits per heavy atom. The molecule has 1 unspecified atom stereocenters. The van der Waals surface area contributed by atoms with Crippen LogP contribution in [-0.4, -0.2) is 73.7 Å². The summed E-state index contributed by atoms with van der Waals surface area (Å²) in [6, 6.07) is 16.0. The van der Waals surface area contributed by atoms with Gasteiger partial charge in [0.05, 0.1) is 17.6 Å². The van der Waals surface area contributed by atoms with Crippen molar-refractivity contribution < 1.29 is 0 Å². The third-order valence-corrected chi connectivity index (χ3v) is 9.97. The molecule has 1 aromatic carbocycles. The Morgan fingerprint density at radius 3 is 2.66 bits per heavy atom. The summed E-state index contributed by atoms with van der Waals surface area (Å²) in [5, 5.41) is 4.67. The molecular formula is C32H40N8S. The minimum Gasteiger partial charge on any atom is -0.379 e. The highest BCUT2D eigenvalue weighted by Crippen LogP contribution is 2.31. The number of pyridine rings is 1. The van der Waals surface area contributed by atoms with Crippen LogP contribution in [0.5, 0.6) is 0 Å². The molecule has 3 fully saturated rings. The first kappa shape index (κ1) is 26.7. The van der Waals surface area contributed by atoms with Crippen molar-refractivity contribution in [3.63, 3.8) is 0 Å². The lowest BCUT2D eigenvalue weighted by molar-refractivity contribution is 0.151. The Hall–Kier alpha value is -3.14. The van der Waals surface area contributed by atoms with Crippen LogP contribution >= 0.6 is 11.9 Å². The minimum atomic E-state index is 0.705. The summed E-state index contributed by atoms with van der Waals surface area (Å²) in [4.78, 5) is 22.3. The van der Waals surface area contributed by atoms with Gasteiger partial charge in [-0.2, -0.15) is 0 Å². The number of aromatic amines is 1. The average Bonchev–Trinajstić information content (AvgIpc) is 3.72. The Balaban J connectivity index is 0.971. The van der Waals surface area contributed by atoms with Crippen molar-refractivity contribution in [1.82, 2.24) is 29.1 Å². The quantitative estimate of drug-likeness (QED) is 0.253. The smallest absolute Gasteiger partial charge is 0.143 e. The van der Waals surface area contributed by atoms with E-state index < -0.39 is 0 Å². The summed E-state index contributed by atoms with van der Waals surface area (Å²) in [5.74, 6) is 2.34. The molecule has 1 atom stereocenters. The van der Waals surface area contributed by atoms with Crippen LogP contribution in [0.3, 0.4) is 0 Å². The number of piperidine rings is 2. The molecule has 3 saturated heterocycles. The highest BCUT2D eigenvalue weighted by molar-refractivity contribution is 7.97. The summed E-state index contributed by atoms with van der Waals surface area (Å²) >= 11 is 2.05. The van der Waals surface area contributed by atoms with E-state index in [0.717, 1.165) is 59.1 Å². The van der Waals surface area contributed by atoms with Gasteiger partial charge in [0.15, 0.2) is 0 Å². The number of nitrogens with one attached hydrogen (secondary N) is 2. The lowest BCUT2D eigenvalue weighted by Gasteiger charge is -2.36. The molecule has 41 heavy (non-hydrogen) atoms. The molecule has 8 nitrogen and oxygen atoms in total. The van der Waals surface area contributed by atoms with Gasteiger partial charge in [0.25, 0.3) is 0 Å². The van der Waals surface area contributed by atoms with Gasteiger partial charge in [-0.25, -0.2) is 14.3 Å². The molecule has 3 aromatic heterocycles. The lowest BCUT2D eigenvalue weighted by atomic mass is 10.0. The number of fused-ring (bicyclic) bond motifs is 1. The molecular weight excluding hydrogens is 528 g/mol. The highest BCUT2D eigenvalue weighted by Gasteiger charge is 2.27. The fraction of sp³-hybridized carbons (Fsp3) is 0.469. The van der Waals surface area contributed by atoms with Crippen LogP contribution in [0.1, 0.15) is 49.8 Å². The number of hydrogen-bond acceptors (Lipinski definition) is 8. The van der Waals surface area contributed by atoms with E-state index in [4.69, 9.17) is 0 Å². The largest absolute Gasteiger partial charge is 0.379 e. The van der Waals surface area contributed by atoms with Crippen molar-refractivity contribution >= 4 is 34.5 Å². The fourth-order valence-corrected chi connectivity index (χ4v) is 7.68. The maximum Gasteiger partial charge on any atom is 0.143 e. The van der Waals surface area contributed by atoms with Gasteiger partial charge in [-0.3, -0.25) is 9.88 Å². The molecule has 3 aliphatic heterocycles. The maximum absolute atomic E-state index is 4.65. The van der Waals surface area contributed by atoms with Crippen LogP contribution in [0.4, 0.5) is 11.5 Å². The Kier molecular flexibility index (Phi) is 8.08. The van der Waals surface area contributed by atoms with E-state index in [1.165, 1.54) is 69.5 Å². The zero-order chi connectivity index (χ0) is 27.4. The second-order valence-corrected chi connectivity index (χ2v) is 12.8. The van der Waals surface area contributed by atoms with Crippen LogP contribution in [0, 0.1) is 0 Å². The van der Waals surface area contributed by atoms with Gasteiger partial charge in [0.1, 0.15) is 17.8 Å². The van der Waals surface area contributed by atoms with Gasteiger partial charge in [0.2, 0.25) is 0 Å². The van der Waals surface area contributed by atoms with Crippen LogP contribution in [-0.2, 0) is 13.1 Å². The second kappa shape index (κ2) is 12.4. The molecule has 0 spiro atoms. The third kappa shape index (κ3) is 6.22. The fourth-order valence-electron chi connectivity index (χ4n) is 6.55. The summed E-state index contributed by atoms with van der Waals surface area (Å²) in [5.41, 5.74) is 6.64. The Bertz CT molecular complexity index is 1440. The monoisotopic (exact) mass is 568 g/mol. The minimum absolute atomic E-state index is 0.705. The van der Waals surface area contributed by atoms with Gasteiger partial charge < -0.3 is 15.2 Å². The first-order valence-corrected chi connectivity index (χ1v) is 16.2. The number of H-pyrrole nitrogens is 1. The van der Waals surface area contributed by atoms with Crippen LogP contribution in [0.2, 0.25) is 0 Å².